The van der Waals surface area contributed by atoms with Crippen LogP contribution in [-0.2, 0) is 16.1 Å². The molecule has 0 aliphatic carbocycles. The highest BCUT2D eigenvalue weighted by molar-refractivity contribution is 5.86. The van der Waals surface area contributed by atoms with Crippen LogP contribution in [0.25, 0.3) is 0 Å². The fourth-order valence-electron chi connectivity index (χ4n) is 3.72. The van der Waals surface area contributed by atoms with Crippen LogP contribution in [-0.4, -0.2) is 53.8 Å². The van der Waals surface area contributed by atoms with E-state index in [2.05, 4.69) is 17.1 Å². The highest BCUT2D eigenvalue weighted by Gasteiger charge is 2.42. The fraction of sp³-hybridized carbons (Fsp3) is 0.579. The molecule has 0 spiro atoms. The van der Waals surface area contributed by atoms with Gasteiger partial charge in [0.15, 0.2) is 0 Å². The van der Waals surface area contributed by atoms with Crippen LogP contribution in [0, 0.1) is 11.2 Å². The summed E-state index contributed by atoms with van der Waals surface area (Å²) < 4.78 is 13.0. The van der Waals surface area contributed by atoms with Crippen LogP contribution in [0.1, 0.15) is 32.3 Å². The molecule has 0 radical (unpaired) electrons. The van der Waals surface area contributed by atoms with Gasteiger partial charge in [-0.15, -0.1) is 0 Å². The van der Waals surface area contributed by atoms with E-state index >= 15 is 0 Å². The van der Waals surface area contributed by atoms with E-state index in [9.17, 15) is 14.0 Å². The van der Waals surface area contributed by atoms with Crippen LogP contribution in [0.4, 0.5) is 4.39 Å². The summed E-state index contributed by atoms with van der Waals surface area (Å²) >= 11 is 0. The monoisotopic (exact) mass is 347 g/mol. The minimum Gasteiger partial charge on any atom is -0.355 e. The largest absolute Gasteiger partial charge is 0.355 e. The second-order valence-electron chi connectivity index (χ2n) is 7.55. The number of piperidine rings is 1. The third-order valence-corrected chi connectivity index (χ3v) is 5.39. The Morgan fingerprint density at radius 3 is 2.64 bits per heavy atom. The molecule has 2 fully saturated rings. The number of nitrogens with one attached hydrogen (secondary N) is 1. The normalized spacial score (nSPS) is 27.9. The van der Waals surface area contributed by atoms with Crippen LogP contribution in [0.5, 0.6) is 0 Å². The molecule has 0 aromatic heterocycles. The van der Waals surface area contributed by atoms with Crippen LogP contribution in [0.2, 0.25) is 0 Å². The predicted molar refractivity (Wildman–Crippen MR) is 93.2 cm³/mol. The maximum Gasteiger partial charge on any atom is 0.230 e. The van der Waals surface area contributed by atoms with E-state index in [1.54, 1.807) is 0 Å². The van der Waals surface area contributed by atoms with E-state index in [0.29, 0.717) is 25.9 Å². The summed E-state index contributed by atoms with van der Waals surface area (Å²) in [6.07, 6.45) is 1.03. The highest BCUT2D eigenvalue weighted by atomic mass is 19.1. The van der Waals surface area contributed by atoms with Gasteiger partial charge in [0.2, 0.25) is 11.8 Å². The topological polar surface area (TPSA) is 52.7 Å². The van der Waals surface area contributed by atoms with Gasteiger partial charge in [0, 0.05) is 45.2 Å². The molecule has 136 valence electrons. The molecule has 0 bridgehead atoms. The number of hydrogen-bond donors (Lipinski definition) is 1. The Labute approximate surface area is 148 Å². The second-order valence-corrected chi connectivity index (χ2v) is 7.55. The average molecular weight is 347 g/mol. The summed E-state index contributed by atoms with van der Waals surface area (Å²) in [6, 6.07) is 6.70. The zero-order valence-corrected chi connectivity index (χ0v) is 14.9. The molecule has 5 nitrogen and oxygen atoms in total. The van der Waals surface area contributed by atoms with Gasteiger partial charge in [-0.25, -0.2) is 4.39 Å². The summed E-state index contributed by atoms with van der Waals surface area (Å²) in [7, 11) is 0. The van der Waals surface area contributed by atoms with E-state index in [1.165, 1.54) is 12.1 Å². The first-order valence-electron chi connectivity index (χ1n) is 8.92. The minimum atomic E-state index is -0.499. The van der Waals surface area contributed by atoms with Crippen molar-refractivity contribution >= 4 is 11.8 Å². The third kappa shape index (κ3) is 4.00. The zero-order chi connectivity index (χ0) is 18.0. The third-order valence-electron chi connectivity index (χ3n) is 5.39. The molecule has 2 heterocycles. The quantitative estimate of drug-likeness (QED) is 0.907. The smallest absolute Gasteiger partial charge is 0.230 e. The molecule has 3 rings (SSSR count). The average Bonchev–Trinajstić information content (AvgIpc) is 2.59. The molecular formula is C19H26FN3O2. The minimum absolute atomic E-state index is 0.0300. The Bertz CT molecular complexity index is 637. The number of piperazine rings is 1. The number of halogens is 1. The Balaban J connectivity index is 1.58. The van der Waals surface area contributed by atoms with Gasteiger partial charge in [-0.3, -0.25) is 14.5 Å². The number of nitrogens with zero attached hydrogens (tertiary/aromatic N) is 2. The lowest BCUT2D eigenvalue weighted by Gasteiger charge is -2.44. The van der Waals surface area contributed by atoms with Crippen molar-refractivity contribution in [3.63, 3.8) is 0 Å². The molecular weight excluding hydrogens is 321 g/mol. The first-order chi connectivity index (χ1) is 11.9. The first kappa shape index (κ1) is 17.9. The number of carbonyl (C=O) groups excluding carboxylic acids is 2. The first-order valence-corrected chi connectivity index (χ1v) is 8.92. The second kappa shape index (κ2) is 7.12. The van der Waals surface area contributed by atoms with Gasteiger partial charge >= 0.3 is 0 Å². The SMILES string of the molecule is CC1CN(Cc2ccc(F)cc2)CCN1C(=O)C1(C)CCC(=O)NC1. The van der Waals surface area contributed by atoms with Gasteiger partial charge < -0.3 is 10.2 Å². The molecule has 2 aliphatic rings. The summed E-state index contributed by atoms with van der Waals surface area (Å²) in [4.78, 5) is 28.6. The van der Waals surface area contributed by atoms with E-state index < -0.39 is 5.41 Å². The van der Waals surface area contributed by atoms with Gasteiger partial charge in [0.25, 0.3) is 0 Å². The van der Waals surface area contributed by atoms with Crippen molar-refractivity contribution in [2.75, 3.05) is 26.2 Å². The molecule has 0 saturated carbocycles. The van der Waals surface area contributed by atoms with Crippen molar-refractivity contribution in [3.8, 4) is 0 Å². The van der Waals surface area contributed by atoms with E-state index in [4.69, 9.17) is 0 Å². The van der Waals surface area contributed by atoms with Crippen LogP contribution >= 0.6 is 0 Å². The molecule has 25 heavy (non-hydrogen) atoms. The number of carbonyl (C=O) groups is 2. The van der Waals surface area contributed by atoms with Crippen LogP contribution in [0.15, 0.2) is 24.3 Å². The van der Waals surface area contributed by atoms with E-state index in [-0.39, 0.29) is 23.7 Å². The van der Waals surface area contributed by atoms with Crippen molar-refractivity contribution < 1.29 is 14.0 Å². The number of amides is 2. The predicted octanol–water partition coefficient (Wildman–Crippen LogP) is 1.77. The summed E-state index contributed by atoms with van der Waals surface area (Å²) in [5, 5.41) is 2.83. The van der Waals surface area contributed by atoms with Crippen molar-refractivity contribution in [1.82, 2.24) is 15.1 Å². The molecule has 2 unspecified atom stereocenters. The maximum absolute atomic E-state index is 13.0. The maximum atomic E-state index is 13.0. The van der Waals surface area contributed by atoms with Gasteiger partial charge in [0.1, 0.15) is 5.82 Å². The zero-order valence-electron chi connectivity index (χ0n) is 14.9. The number of benzene rings is 1. The molecule has 1 aromatic rings. The number of hydrogen-bond acceptors (Lipinski definition) is 3. The molecule has 1 aromatic carbocycles. The molecule has 2 saturated heterocycles. The summed E-state index contributed by atoms with van der Waals surface area (Å²) in [5.74, 6) is -0.0516. The van der Waals surface area contributed by atoms with Crippen molar-refractivity contribution in [3.05, 3.63) is 35.6 Å². The van der Waals surface area contributed by atoms with Crippen molar-refractivity contribution in [2.45, 2.75) is 39.3 Å². The van der Waals surface area contributed by atoms with Gasteiger partial charge in [-0.1, -0.05) is 12.1 Å². The molecule has 1 N–H and O–H groups in total. The van der Waals surface area contributed by atoms with Crippen LogP contribution in [0.3, 0.4) is 0 Å². The molecule has 2 aliphatic heterocycles. The van der Waals surface area contributed by atoms with Gasteiger partial charge in [-0.05, 0) is 38.0 Å². The molecule has 6 heteroatoms. The Hall–Kier alpha value is -1.95. The fourth-order valence-corrected chi connectivity index (χ4v) is 3.72. The Morgan fingerprint density at radius 2 is 2.04 bits per heavy atom. The lowest BCUT2D eigenvalue weighted by atomic mass is 9.80. The van der Waals surface area contributed by atoms with Crippen LogP contribution < -0.4 is 5.32 Å². The van der Waals surface area contributed by atoms with Gasteiger partial charge in [-0.2, -0.15) is 0 Å². The summed E-state index contributed by atoms with van der Waals surface area (Å²) in [5.41, 5.74) is 0.580. The Morgan fingerprint density at radius 1 is 1.32 bits per heavy atom. The summed E-state index contributed by atoms with van der Waals surface area (Å²) in [6.45, 7) is 7.49. The highest BCUT2D eigenvalue weighted by Crippen LogP contribution is 2.30. The standard InChI is InChI=1S/C19H26FN3O2/c1-14-11-22(12-15-3-5-16(20)6-4-15)9-10-23(14)18(25)19(2)8-7-17(24)21-13-19/h3-6,14H,7-13H2,1-2H3,(H,21,24). The lowest BCUT2D eigenvalue weighted by Crippen LogP contribution is -2.59. The van der Waals surface area contributed by atoms with Gasteiger partial charge in [0.05, 0.1) is 5.41 Å². The van der Waals surface area contributed by atoms with Crippen molar-refractivity contribution in [1.29, 1.82) is 0 Å². The van der Waals surface area contributed by atoms with E-state index in [0.717, 1.165) is 25.2 Å². The van der Waals surface area contributed by atoms with E-state index in [1.807, 2.05) is 24.0 Å². The molecule has 2 amide bonds. The lowest BCUT2D eigenvalue weighted by molar-refractivity contribution is -0.148. The van der Waals surface area contributed by atoms with Crippen molar-refractivity contribution in [2.24, 2.45) is 5.41 Å². The number of rotatable bonds is 3. The Kier molecular flexibility index (Phi) is 5.08. The molecule has 2 atom stereocenters.